The second-order valence-corrected chi connectivity index (χ2v) is 13.6. The molecular weight excluding hydrogens is 586 g/mol. The topological polar surface area (TPSA) is 70.7 Å². The van der Waals surface area contributed by atoms with Gasteiger partial charge in [0.25, 0.3) is 0 Å². The molecule has 0 radical (unpaired) electrons. The number of rotatable bonds is 7. The molecule has 1 saturated heterocycles. The van der Waals surface area contributed by atoms with Gasteiger partial charge in [0, 0.05) is 34.7 Å². The van der Waals surface area contributed by atoms with Crippen LogP contribution in [0.25, 0.3) is 22.2 Å². The highest BCUT2D eigenvalue weighted by molar-refractivity contribution is 5.95. The van der Waals surface area contributed by atoms with Gasteiger partial charge in [0.05, 0.1) is 19.3 Å². The molecule has 2 aliphatic rings. The number of benzene rings is 2. The number of H-pyrrole nitrogens is 1. The minimum absolute atomic E-state index is 0.0131. The average molecular weight is 631 g/mol. The molecule has 0 spiro atoms. The van der Waals surface area contributed by atoms with Crippen molar-refractivity contribution in [1.29, 1.82) is 0 Å². The summed E-state index contributed by atoms with van der Waals surface area (Å²) in [6.45, 7) is 11.5. The Morgan fingerprint density at radius 3 is 2.61 bits per heavy atom. The summed E-state index contributed by atoms with van der Waals surface area (Å²) in [7, 11) is 1.50. The summed E-state index contributed by atoms with van der Waals surface area (Å²) in [5, 5.41) is 0.635. The average Bonchev–Trinajstić information content (AvgIpc) is 3.45. The second-order valence-electron chi connectivity index (χ2n) is 13.6. The van der Waals surface area contributed by atoms with Crippen LogP contribution in [0.4, 0.5) is 13.6 Å². The van der Waals surface area contributed by atoms with Crippen LogP contribution in [0.2, 0.25) is 0 Å². The van der Waals surface area contributed by atoms with Crippen molar-refractivity contribution in [3.63, 3.8) is 0 Å². The van der Waals surface area contributed by atoms with E-state index in [9.17, 15) is 9.18 Å². The molecule has 7 nitrogen and oxygen atoms in total. The highest BCUT2D eigenvalue weighted by atomic mass is 19.1. The van der Waals surface area contributed by atoms with Crippen molar-refractivity contribution in [3.8, 4) is 16.9 Å². The molecule has 244 valence electrons. The van der Waals surface area contributed by atoms with E-state index in [4.69, 9.17) is 9.47 Å². The number of pyridine rings is 1. The number of aromatic nitrogens is 2. The molecule has 1 atom stereocenters. The molecule has 0 saturated carbocycles. The van der Waals surface area contributed by atoms with Gasteiger partial charge in [-0.05, 0) is 120 Å². The number of halogens is 2. The van der Waals surface area contributed by atoms with Crippen molar-refractivity contribution in [2.45, 2.75) is 77.4 Å². The van der Waals surface area contributed by atoms with Crippen molar-refractivity contribution in [2.24, 2.45) is 0 Å². The molecule has 4 heterocycles. The van der Waals surface area contributed by atoms with E-state index >= 15 is 4.39 Å². The minimum Gasteiger partial charge on any atom is -0.496 e. The first kappa shape index (κ1) is 32.0. The monoisotopic (exact) mass is 630 g/mol. The molecule has 2 aromatic carbocycles. The lowest BCUT2D eigenvalue weighted by Gasteiger charge is -2.37. The van der Waals surface area contributed by atoms with E-state index in [0.717, 1.165) is 57.4 Å². The number of nitrogens with one attached hydrogen (secondary N) is 1. The second kappa shape index (κ2) is 13.0. The summed E-state index contributed by atoms with van der Waals surface area (Å²) >= 11 is 0. The number of hydrogen-bond acceptors (Lipinski definition) is 5. The smallest absolute Gasteiger partial charge is 0.410 e. The summed E-state index contributed by atoms with van der Waals surface area (Å²) in [6.07, 6.45) is 5.85. The number of amides is 1. The number of hydrogen-bond donors (Lipinski definition) is 1. The Kier molecular flexibility index (Phi) is 9.06. The van der Waals surface area contributed by atoms with Crippen LogP contribution in [0.5, 0.6) is 5.75 Å². The quantitative estimate of drug-likeness (QED) is 0.223. The number of nitrogens with zero attached hydrogens (tertiary/aromatic N) is 3. The molecule has 2 aromatic heterocycles. The lowest BCUT2D eigenvalue weighted by molar-refractivity contribution is 0.0159. The first-order valence-corrected chi connectivity index (χ1v) is 16.4. The van der Waals surface area contributed by atoms with Crippen LogP contribution in [0.15, 0.2) is 48.7 Å². The first-order chi connectivity index (χ1) is 22.0. The van der Waals surface area contributed by atoms with Gasteiger partial charge in [-0.2, -0.15) is 0 Å². The van der Waals surface area contributed by atoms with Crippen LogP contribution in [0.3, 0.4) is 0 Å². The van der Waals surface area contributed by atoms with Gasteiger partial charge in [-0.3, -0.25) is 0 Å². The number of aromatic amines is 1. The molecule has 0 aliphatic carbocycles. The molecule has 2 aliphatic heterocycles. The minimum atomic E-state index is -0.512. The van der Waals surface area contributed by atoms with Gasteiger partial charge >= 0.3 is 6.09 Å². The zero-order valence-electron chi connectivity index (χ0n) is 27.5. The summed E-state index contributed by atoms with van der Waals surface area (Å²) in [6, 6.07) is 12.6. The third kappa shape index (κ3) is 6.61. The van der Waals surface area contributed by atoms with Crippen molar-refractivity contribution >= 4 is 17.1 Å². The fourth-order valence-corrected chi connectivity index (χ4v) is 7.15. The molecule has 9 heteroatoms. The third-order valence-electron chi connectivity index (χ3n) is 9.47. The van der Waals surface area contributed by atoms with Crippen molar-refractivity contribution in [2.75, 3.05) is 33.3 Å². The van der Waals surface area contributed by atoms with E-state index in [1.54, 1.807) is 0 Å². The van der Waals surface area contributed by atoms with Gasteiger partial charge in [0.2, 0.25) is 0 Å². The van der Waals surface area contributed by atoms with Crippen LogP contribution in [0.1, 0.15) is 81.3 Å². The normalized spacial score (nSPS) is 17.7. The van der Waals surface area contributed by atoms with E-state index in [1.807, 2.05) is 31.7 Å². The Hall–Kier alpha value is -3.98. The molecule has 0 bridgehead atoms. The van der Waals surface area contributed by atoms with Gasteiger partial charge in [0.1, 0.15) is 28.6 Å². The Morgan fingerprint density at radius 1 is 1.09 bits per heavy atom. The first-order valence-electron chi connectivity index (χ1n) is 16.4. The molecule has 1 unspecified atom stereocenters. The number of carbonyl (C=O) groups is 1. The highest BCUT2D eigenvalue weighted by Gasteiger charge is 2.32. The fraction of sp³-hybridized carbons (Fsp3) is 0.459. The van der Waals surface area contributed by atoms with Crippen molar-refractivity contribution < 1.29 is 23.0 Å². The zero-order chi connectivity index (χ0) is 32.6. The Morgan fingerprint density at radius 2 is 1.87 bits per heavy atom. The lowest BCUT2D eigenvalue weighted by atomic mass is 9.88. The van der Waals surface area contributed by atoms with E-state index in [1.165, 1.54) is 48.2 Å². The van der Waals surface area contributed by atoms with Gasteiger partial charge in [-0.1, -0.05) is 18.2 Å². The van der Waals surface area contributed by atoms with Gasteiger partial charge in [-0.25, -0.2) is 18.6 Å². The van der Waals surface area contributed by atoms with Gasteiger partial charge in [0.15, 0.2) is 0 Å². The summed E-state index contributed by atoms with van der Waals surface area (Å²) in [5.74, 6) is -0.232. The number of piperidine rings is 1. The van der Waals surface area contributed by atoms with Crippen molar-refractivity contribution in [3.05, 3.63) is 82.7 Å². The largest absolute Gasteiger partial charge is 0.496 e. The van der Waals surface area contributed by atoms with E-state index in [0.29, 0.717) is 40.4 Å². The number of fused-ring (bicyclic) bond motifs is 2. The molecule has 4 aromatic rings. The van der Waals surface area contributed by atoms with Crippen LogP contribution in [-0.2, 0) is 17.6 Å². The maximum atomic E-state index is 15.1. The van der Waals surface area contributed by atoms with Crippen molar-refractivity contribution in [1.82, 2.24) is 19.8 Å². The van der Waals surface area contributed by atoms with Crippen LogP contribution >= 0.6 is 0 Å². The molecule has 1 N–H and O–H groups in total. The number of carbonyl (C=O) groups excluding carboxylic acids is 1. The zero-order valence-corrected chi connectivity index (χ0v) is 27.5. The fourth-order valence-electron chi connectivity index (χ4n) is 7.15. The number of methoxy groups -OCH3 is 1. The SMILES string of the molecule is COc1ccc(F)cc1-c1c(F)cnc2[nH]c(C3CCN(CCCc4cccc5c4CCN(C(=O)OC(C)(C)C)C5C)CC3)cc12. The maximum absolute atomic E-state index is 15.1. The van der Waals surface area contributed by atoms with E-state index in [2.05, 4.69) is 40.0 Å². The molecule has 1 amide bonds. The summed E-state index contributed by atoms with van der Waals surface area (Å²) < 4.78 is 40.4. The standard InChI is InChI=1S/C37H44F2N4O3/c1-23-27-10-6-8-24(28(27)15-19-43(23)36(44)46-37(2,3)4)9-7-16-42-17-13-25(14-18-42)32-21-30-34(31(39)22-40-35(30)41-32)29-20-26(38)11-12-33(29)45-5/h6,8,10-12,20-23,25H,7,9,13-19H2,1-5H3,(H,40,41). The Bertz CT molecular complexity index is 1720. The van der Waals surface area contributed by atoms with E-state index < -0.39 is 17.2 Å². The highest BCUT2D eigenvalue weighted by Crippen LogP contribution is 2.39. The van der Waals surface area contributed by atoms with Crippen LogP contribution in [0, 0.1) is 11.6 Å². The Balaban J connectivity index is 1.07. The maximum Gasteiger partial charge on any atom is 0.410 e. The van der Waals surface area contributed by atoms with Gasteiger partial charge in [-0.15, -0.1) is 0 Å². The summed E-state index contributed by atoms with van der Waals surface area (Å²) in [4.78, 5) is 24.9. The molecule has 6 rings (SSSR count). The number of ether oxygens (including phenoxy) is 2. The predicted octanol–water partition coefficient (Wildman–Crippen LogP) is 8.18. The molecule has 1 fully saturated rings. The van der Waals surface area contributed by atoms with E-state index in [-0.39, 0.29) is 12.1 Å². The van der Waals surface area contributed by atoms with Gasteiger partial charge < -0.3 is 24.3 Å². The predicted molar refractivity (Wildman–Crippen MR) is 176 cm³/mol. The lowest BCUT2D eigenvalue weighted by Crippen LogP contribution is -2.42. The third-order valence-corrected chi connectivity index (χ3v) is 9.47. The number of aryl methyl sites for hydroxylation is 1. The Labute approximate surface area is 269 Å². The number of likely N-dealkylation sites (tertiary alicyclic amines) is 1. The molecule has 46 heavy (non-hydrogen) atoms. The van der Waals surface area contributed by atoms with Crippen LogP contribution < -0.4 is 4.74 Å². The molecular formula is C37H44F2N4O3. The van der Waals surface area contributed by atoms with Crippen LogP contribution in [-0.4, -0.2) is 64.8 Å². The summed E-state index contributed by atoms with van der Waals surface area (Å²) in [5.41, 5.74) is 5.78.